The lowest BCUT2D eigenvalue weighted by Gasteiger charge is -2.40. The van der Waals surface area contributed by atoms with Gasteiger partial charge in [-0.05, 0) is 76.0 Å². The van der Waals surface area contributed by atoms with Crippen molar-refractivity contribution in [3.05, 3.63) is 78.9 Å². The van der Waals surface area contributed by atoms with E-state index in [0.29, 0.717) is 31.0 Å². The number of piperazine rings is 1. The molecule has 1 aliphatic rings. The van der Waals surface area contributed by atoms with E-state index in [1.54, 1.807) is 18.7 Å². The second-order valence-electron chi connectivity index (χ2n) is 11.5. The standard InChI is InChI=1S/C33H37N9O2/c1-22-17-24(8-12-29(22)44-25-9-11-28-27(18-25)36-21-40(28)5)37-33-32-26(34-20-35-33)10-13-30(38-32)41-15-16-42(23(2)19-41)31(43)7-6-14-39(3)4/h6-13,17-18,20-21,23H,14-16,19H2,1-5H3,(H,34,35,37)/b7-6+. The molecule has 1 atom stereocenters. The molecular weight excluding hydrogens is 554 g/mol. The van der Waals surface area contributed by atoms with E-state index in [-0.39, 0.29) is 11.9 Å². The van der Waals surface area contributed by atoms with Gasteiger partial charge in [-0.15, -0.1) is 0 Å². The van der Waals surface area contributed by atoms with Crippen molar-refractivity contribution in [1.82, 2.24) is 34.3 Å². The van der Waals surface area contributed by atoms with Crippen molar-refractivity contribution < 1.29 is 9.53 Å². The van der Waals surface area contributed by atoms with Gasteiger partial charge >= 0.3 is 0 Å². The number of ether oxygens (including phenoxy) is 1. The van der Waals surface area contributed by atoms with Crippen LogP contribution in [0.1, 0.15) is 12.5 Å². The van der Waals surface area contributed by atoms with Crippen LogP contribution in [0.4, 0.5) is 17.3 Å². The maximum atomic E-state index is 12.8. The first-order valence-electron chi connectivity index (χ1n) is 14.7. The summed E-state index contributed by atoms with van der Waals surface area (Å²) in [6.07, 6.45) is 6.92. The van der Waals surface area contributed by atoms with Gasteiger partial charge in [0, 0.05) is 57.1 Å². The Hall–Kier alpha value is -5.03. The lowest BCUT2D eigenvalue weighted by molar-refractivity contribution is -0.128. The summed E-state index contributed by atoms with van der Waals surface area (Å²) in [5, 5.41) is 3.43. The van der Waals surface area contributed by atoms with E-state index in [1.807, 2.05) is 97.0 Å². The number of hydrogen-bond acceptors (Lipinski definition) is 9. The number of carbonyl (C=O) groups excluding carboxylic acids is 1. The lowest BCUT2D eigenvalue weighted by Crippen LogP contribution is -2.54. The first-order valence-corrected chi connectivity index (χ1v) is 14.7. The molecule has 1 N–H and O–H groups in total. The number of imidazole rings is 1. The first-order chi connectivity index (χ1) is 21.2. The highest BCUT2D eigenvalue weighted by Crippen LogP contribution is 2.31. The van der Waals surface area contributed by atoms with Crippen LogP contribution in [-0.4, -0.2) is 86.5 Å². The Labute approximate surface area is 256 Å². The number of anilines is 3. The zero-order valence-corrected chi connectivity index (χ0v) is 25.7. The number of nitrogens with zero attached hydrogens (tertiary/aromatic N) is 8. The Morgan fingerprint density at radius 1 is 1.07 bits per heavy atom. The number of carbonyl (C=O) groups is 1. The molecule has 3 aromatic heterocycles. The second-order valence-corrected chi connectivity index (χ2v) is 11.5. The van der Waals surface area contributed by atoms with Crippen LogP contribution in [0.15, 0.2) is 73.3 Å². The van der Waals surface area contributed by atoms with Crippen LogP contribution in [0.5, 0.6) is 11.5 Å². The fourth-order valence-electron chi connectivity index (χ4n) is 5.44. The summed E-state index contributed by atoms with van der Waals surface area (Å²) in [5.74, 6) is 3.00. The fraction of sp³-hybridized carbons (Fsp3) is 0.303. The number of likely N-dealkylation sites (N-methyl/N-ethyl adjacent to an activating group) is 1. The van der Waals surface area contributed by atoms with Crippen molar-refractivity contribution in [3.63, 3.8) is 0 Å². The average Bonchev–Trinajstić information content (AvgIpc) is 3.37. The summed E-state index contributed by atoms with van der Waals surface area (Å²) in [7, 11) is 5.94. The topological polar surface area (TPSA) is 105 Å². The molecule has 44 heavy (non-hydrogen) atoms. The first kappa shape index (κ1) is 29.1. The van der Waals surface area contributed by atoms with Crippen molar-refractivity contribution in [1.29, 1.82) is 0 Å². The van der Waals surface area contributed by atoms with Crippen LogP contribution >= 0.6 is 0 Å². The van der Waals surface area contributed by atoms with E-state index in [0.717, 1.165) is 51.7 Å². The number of benzene rings is 2. The van der Waals surface area contributed by atoms with E-state index in [2.05, 4.69) is 32.1 Å². The van der Waals surface area contributed by atoms with E-state index in [9.17, 15) is 4.79 Å². The van der Waals surface area contributed by atoms with Crippen molar-refractivity contribution in [2.24, 2.45) is 7.05 Å². The molecule has 1 aliphatic heterocycles. The Morgan fingerprint density at radius 3 is 2.73 bits per heavy atom. The molecule has 0 aliphatic carbocycles. The van der Waals surface area contributed by atoms with Crippen molar-refractivity contribution in [3.8, 4) is 11.5 Å². The van der Waals surface area contributed by atoms with Gasteiger partial charge in [-0.3, -0.25) is 4.79 Å². The summed E-state index contributed by atoms with van der Waals surface area (Å²) < 4.78 is 8.18. The van der Waals surface area contributed by atoms with Crippen LogP contribution in [0.2, 0.25) is 0 Å². The van der Waals surface area contributed by atoms with Gasteiger partial charge in [-0.2, -0.15) is 0 Å². The Bertz CT molecular complexity index is 1850. The van der Waals surface area contributed by atoms with Gasteiger partial charge in [0.25, 0.3) is 0 Å². The zero-order chi connectivity index (χ0) is 30.8. The molecule has 0 radical (unpaired) electrons. The van der Waals surface area contributed by atoms with E-state index in [4.69, 9.17) is 9.72 Å². The molecule has 11 heteroatoms. The molecule has 0 spiro atoms. The summed E-state index contributed by atoms with van der Waals surface area (Å²) in [6.45, 7) is 6.84. The molecule has 11 nitrogen and oxygen atoms in total. The zero-order valence-electron chi connectivity index (χ0n) is 25.7. The van der Waals surface area contributed by atoms with E-state index in [1.165, 1.54) is 0 Å². The highest BCUT2D eigenvalue weighted by atomic mass is 16.5. The third kappa shape index (κ3) is 6.18. The van der Waals surface area contributed by atoms with Gasteiger partial charge in [-0.1, -0.05) is 6.08 Å². The van der Waals surface area contributed by atoms with Gasteiger partial charge in [0.15, 0.2) is 5.82 Å². The Morgan fingerprint density at radius 2 is 1.93 bits per heavy atom. The number of aryl methyl sites for hydroxylation is 2. The molecule has 1 saturated heterocycles. The highest BCUT2D eigenvalue weighted by molar-refractivity contribution is 5.89. The van der Waals surface area contributed by atoms with Gasteiger partial charge in [-0.25, -0.2) is 19.9 Å². The highest BCUT2D eigenvalue weighted by Gasteiger charge is 2.27. The number of nitrogens with one attached hydrogen (secondary N) is 1. The largest absolute Gasteiger partial charge is 0.457 e. The minimum atomic E-state index is 0.0475. The second kappa shape index (κ2) is 12.3. The maximum absolute atomic E-state index is 12.8. The van der Waals surface area contributed by atoms with Crippen LogP contribution < -0.4 is 15.0 Å². The molecule has 0 bridgehead atoms. The molecule has 0 saturated carbocycles. The lowest BCUT2D eigenvalue weighted by atomic mass is 10.1. The average molecular weight is 592 g/mol. The fourth-order valence-corrected chi connectivity index (χ4v) is 5.44. The molecule has 1 unspecified atom stereocenters. The predicted octanol–water partition coefficient (Wildman–Crippen LogP) is 4.91. The van der Waals surface area contributed by atoms with Crippen LogP contribution in [0.25, 0.3) is 22.1 Å². The molecule has 6 rings (SSSR count). The van der Waals surface area contributed by atoms with Gasteiger partial charge < -0.3 is 29.3 Å². The molecular formula is C33H37N9O2. The van der Waals surface area contributed by atoms with Gasteiger partial charge in [0.1, 0.15) is 29.2 Å². The van der Waals surface area contributed by atoms with E-state index >= 15 is 0 Å². The predicted molar refractivity (Wildman–Crippen MR) is 174 cm³/mol. The van der Waals surface area contributed by atoms with Crippen molar-refractivity contribution in [2.45, 2.75) is 19.9 Å². The van der Waals surface area contributed by atoms with Crippen LogP contribution in [0.3, 0.4) is 0 Å². The quantitative estimate of drug-likeness (QED) is 0.252. The number of rotatable bonds is 8. The maximum Gasteiger partial charge on any atom is 0.246 e. The minimum Gasteiger partial charge on any atom is -0.457 e. The van der Waals surface area contributed by atoms with Crippen molar-refractivity contribution >= 4 is 45.3 Å². The van der Waals surface area contributed by atoms with Crippen LogP contribution in [-0.2, 0) is 11.8 Å². The molecule has 1 fully saturated rings. The van der Waals surface area contributed by atoms with Gasteiger partial charge in [0.05, 0.1) is 22.9 Å². The van der Waals surface area contributed by atoms with Crippen molar-refractivity contribution in [2.75, 3.05) is 50.5 Å². The Kier molecular flexibility index (Phi) is 8.12. The number of hydrogen-bond donors (Lipinski definition) is 1. The number of pyridine rings is 1. The summed E-state index contributed by atoms with van der Waals surface area (Å²) in [4.78, 5) is 37.3. The Balaban J connectivity index is 1.16. The minimum absolute atomic E-state index is 0.0475. The normalized spacial score (nSPS) is 15.5. The smallest absolute Gasteiger partial charge is 0.246 e. The number of fused-ring (bicyclic) bond motifs is 2. The summed E-state index contributed by atoms with van der Waals surface area (Å²) in [5.41, 5.74) is 5.22. The summed E-state index contributed by atoms with van der Waals surface area (Å²) in [6, 6.07) is 15.8. The molecule has 4 heterocycles. The van der Waals surface area contributed by atoms with Crippen LogP contribution in [0, 0.1) is 6.92 Å². The molecule has 1 amide bonds. The third-order valence-electron chi connectivity index (χ3n) is 7.80. The number of aromatic nitrogens is 5. The SMILES string of the molecule is Cc1cc(Nc2ncnc3ccc(N4CCN(C(=O)/C=C/CN(C)C)C(C)C4)nc23)ccc1Oc1ccc2c(c1)ncn2C. The van der Waals surface area contributed by atoms with E-state index < -0.39 is 0 Å². The third-order valence-corrected chi connectivity index (χ3v) is 7.80. The molecule has 2 aromatic carbocycles. The molecule has 226 valence electrons. The number of amides is 1. The van der Waals surface area contributed by atoms with Gasteiger partial charge in [0.2, 0.25) is 5.91 Å². The molecule has 5 aromatic rings. The summed E-state index contributed by atoms with van der Waals surface area (Å²) >= 11 is 0. The monoisotopic (exact) mass is 591 g/mol.